The van der Waals surface area contributed by atoms with Gasteiger partial charge in [0.1, 0.15) is 6.04 Å². The van der Waals surface area contributed by atoms with Gasteiger partial charge >= 0.3 is 0 Å². The van der Waals surface area contributed by atoms with Crippen LogP contribution >= 0.6 is 0 Å². The molecule has 2 unspecified atom stereocenters. The first-order valence-electron chi connectivity index (χ1n) is 10.5. The summed E-state index contributed by atoms with van der Waals surface area (Å²) in [6, 6.07) is 23.1. The van der Waals surface area contributed by atoms with Gasteiger partial charge in [-0.05, 0) is 40.5 Å². The number of fused-ring (bicyclic) bond motifs is 1. The second-order valence-corrected chi connectivity index (χ2v) is 7.77. The zero-order valence-electron chi connectivity index (χ0n) is 18.4. The first-order valence-corrected chi connectivity index (χ1v) is 10.5. The van der Waals surface area contributed by atoms with E-state index in [1.54, 1.807) is 19.1 Å². The fourth-order valence-corrected chi connectivity index (χ4v) is 3.96. The zero-order chi connectivity index (χ0) is 22.7. The fraction of sp³-hybridized carbons (Fsp3) is 0.231. The highest BCUT2D eigenvalue weighted by Gasteiger charge is 2.48. The minimum Gasteiger partial charge on any atom is -0.493 e. The van der Waals surface area contributed by atoms with Gasteiger partial charge in [-0.1, -0.05) is 54.6 Å². The van der Waals surface area contributed by atoms with Crippen LogP contribution in [0.3, 0.4) is 0 Å². The Kier molecular flexibility index (Phi) is 6.12. The van der Waals surface area contributed by atoms with Crippen molar-refractivity contribution in [3.05, 3.63) is 83.9 Å². The molecular formula is C26H26N2O4. The zero-order valence-corrected chi connectivity index (χ0v) is 18.4. The average Bonchev–Trinajstić information content (AvgIpc) is 3.42. The average molecular weight is 431 g/mol. The third kappa shape index (κ3) is 4.44. The van der Waals surface area contributed by atoms with Crippen LogP contribution in [0.4, 0.5) is 0 Å². The molecule has 2 aromatic rings. The number of nitrogens with zero attached hydrogens (tertiary/aromatic N) is 1. The van der Waals surface area contributed by atoms with Crippen LogP contribution in [-0.2, 0) is 16.1 Å². The standard InChI is InChI=1S/C20H22N2O4.C6H4/c1-13(23)21-18-19(15-7-5-4-6-8-15)22(20(18)24)12-14-9-10-16(25-2)17(11-14)26-3;1-2-5-4-6(5)3-1/h4-11,18-19H,12H2,1-3H3,(H,21,23);1-4H. The van der Waals surface area contributed by atoms with Crippen LogP contribution < -0.4 is 14.8 Å². The number of β-lactam (4-membered cyclic amide) rings is 1. The molecule has 1 N–H and O–H groups in total. The van der Waals surface area contributed by atoms with Crippen molar-refractivity contribution in [2.45, 2.75) is 25.6 Å². The molecule has 6 nitrogen and oxygen atoms in total. The Balaban J connectivity index is 0.000000346. The molecule has 32 heavy (non-hydrogen) atoms. The maximum absolute atomic E-state index is 12.6. The van der Waals surface area contributed by atoms with E-state index in [0.717, 1.165) is 11.1 Å². The highest BCUT2D eigenvalue weighted by Crippen LogP contribution is 2.37. The van der Waals surface area contributed by atoms with E-state index in [0.29, 0.717) is 18.0 Å². The number of hydrogen-bond donors (Lipinski definition) is 1. The molecule has 5 rings (SSSR count). The molecule has 2 aromatic carbocycles. The Morgan fingerprint density at radius 2 is 1.59 bits per heavy atom. The molecule has 0 bridgehead atoms. The highest BCUT2D eigenvalue weighted by molar-refractivity contribution is 5.93. The van der Waals surface area contributed by atoms with Crippen molar-refractivity contribution >= 4 is 11.8 Å². The van der Waals surface area contributed by atoms with Gasteiger partial charge in [-0.2, -0.15) is 0 Å². The van der Waals surface area contributed by atoms with Crippen LogP contribution in [-0.4, -0.2) is 37.0 Å². The molecule has 1 heterocycles. The summed E-state index contributed by atoms with van der Waals surface area (Å²) < 4.78 is 10.6. The lowest BCUT2D eigenvalue weighted by Crippen LogP contribution is -2.64. The smallest absolute Gasteiger partial charge is 0.248 e. The number of methoxy groups -OCH3 is 2. The minimum absolute atomic E-state index is 0.0937. The van der Waals surface area contributed by atoms with Gasteiger partial charge < -0.3 is 19.7 Å². The summed E-state index contributed by atoms with van der Waals surface area (Å²) >= 11 is 0. The van der Waals surface area contributed by atoms with E-state index in [1.807, 2.05) is 48.5 Å². The van der Waals surface area contributed by atoms with E-state index in [-0.39, 0.29) is 17.9 Å². The molecule has 2 atom stereocenters. The minimum atomic E-state index is -0.532. The topological polar surface area (TPSA) is 67.9 Å². The third-order valence-corrected chi connectivity index (χ3v) is 5.61. The van der Waals surface area contributed by atoms with Gasteiger partial charge in [-0.3, -0.25) is 9.59 Å². The number of benzene rings is 3. The summed E-state index contributed by atoms with van der Waals surface area (Å²) in [6.07, 6.45) is 0. The van der Waals surface area contributed by atoms with Gasteiger partial charge in [0.25, 0.3) is 0 Å². The number of rotatable bonds is 6. The molecule has 0 spiro atoms. The quantitative estimate of drug-likeness (QED) is 0.470. The second kappa shape index (κ2) is 9.14. The van der Waals surface area contributed by atoms with Crippen LogP contribution in [0.2, 0.25) is 0 Å². The molecule has 6 heteroatoms. The third-order valence-electron chi connectivity index (χ3n) is 5.61. The van der Waals surface area contributed by atoms with E-state index >= 15 is 0 Å². The van der Waals surface area contributed by atoms with Crippen molar-refractivity contribution in [2.75, 3.05) is 14.2 Å². The van der Waals surface area contributed by atoms with Gasteiger partial charge in [-0.25, -0.2) is 0 Å². The van der Waals surface area contributed by atoms with Gasteiger partial charge in [-0.15, -0.1) is 0 Å². The lowest BCUT2D eigenvalue weighted by molar-refractivity contribution is -0.155. The molecule has 1 aliphatic heterocycles. The number of amides is 2. The normalized spacial score (nSPS) is 17.5. The largest absolute Gasteiger partial charge is 0.493 e. The first-order chi connectivity index (χ1) is 15.5. The maximum atomic E-state index is 12.6. The highest BCUT2D eigenvalue weighted by atomic mass is 16.5. The number of ether oxygens (including phenoxy) is 2. The van der Waals surface area contributed by atoms with Crippen LogP contribution in [0.25, 0.3) is 11.1 Å². The van der Waals surface area contributed by atoms with Crippen LogP contribution in [0.1, 0.15) is 24.1 Å². The van der Waals surface area contributed by atoms with Crippen molar-refractivity contribution in [1.29, 1.82) is 0 Å². The summed E-state index contributed by atoms with van der Waals surface area (Å²) in [4.78, 5) is 25.9. The van der Waals surface area contributed by atoms with Gasteiger partial charge in [0.15, 0.2) is 11.5 Å². The molecule has 0 saturated carbocycles. The van der Waals surface area contributed by atoms with Crippen molar-refractivity contribution in [3.8, 4) is 22.6 Å². The Hall–Kier alpha value is -3.80. The van der Waals surface area contributed by atoms with E-state index in [1.165, 1.54) is 18.1 Å². The Morgan fingerprint density at radius 3 is 2.12 bits per heavy atom. The molecule has 1 saturated heterocycles. The van der Waals surface area contributed by atoms with Crippen LogP contribution in [0.5, 0.6) is 11.5 Å². The number of likely N-dealkylation sites (tertiary alicyclic amines) is 1. The summed E-state index contributed by atoms with van der Waals surface area (Å²) in [7, 11) is 3.16. The van der Waals surface area contributed by atoms with E-state index in [4.69, 9.17) is 9.47 Å². The van der Waals surface area contributed by atoms with E-state index in [2.05, 4.69) is 29.6 Å². The monoisotopic (exact) mass is 430 g/mol. The second-order valence-electron chi connectivity index (χ2n) is 7.77. The van der Waals surface area contributed by atoms with Gasteiger partial charge in [0.2, 0.25) is 11.8 Å². The SMILES string of the molecule is COc1ccc(CN2C(=O)C(NC(C)=O)C2c2ccccc2)cc1OC.c1cc2cc-2c1. The lowest BCUT2D eigenvalue weighted by Gasteiger charge is -2.47. The Labute approximate surface area is 187 Å². The number of carbonyl (C=O) groups excluding carboxylic acids is 2. The first kappa shape index (κ1) is 21.4. The maximum Gasteiger partial charge on any atom is 0.248 e. The van der Waals surface area contributed by atoms with Crippen molar-refractivity contribution in [1.82, 2.24) is 10.2 Å². The lowest BCUT2D eigenvalue weighted by atomic mass is 9.87. The predicted molar refractivity (Wildman–Crippen MR) is 122 cm³/mol. The molecule has 0 radical (unpaired) electrons. The molecular weight excluding hydrogens is 404 g/mol. The van der Waals surface area contributed by atoms with E-state index < -0.39 is 6.04 Å². The predicted octanol–water partition coefficient (Wildman–Crippen LogP) is 3.96. The molecule has 164 valence electrons. The molecule has 2 aliphatic carbocycles. The van der Waals surface area contributed by atoms with Gasteiger partial charge in [0, 0.05) is 13.5 Å². The molecule has 3 aliphatic rings. The Morgan fingerprint density at radius 1 is 0.906 bits per heavy atom. The van der Waals surface area contributed by atoms with Crippen LogP contribution in [0, 0.1) is 0 Å². The molecule has 0 aromatic heterocycles. The molecule has 1 fully saturated rings. The van der Waals surface area contributed by atoms with Crippen molar-refractivity contribution < 1.29 is 19.1 Å². The Bertz CT molecular complexity index is 1110. The summed E-state index contributed by atoms with van der Waals surface area (Å²) in [5.41, 5.74) is 4.77. The number of hydrogen-bond acceptors (Lipinski definition) is 4. The fourth-order valence-electron chi connectivity index (χ4n) is 3.96. The number of nitrogens with one attached hydrogen (secondary N) is 1. The molecule has 2 amide bonds. The van der Waals surface area contributed by atoms with Crippen molar-refractivity contribution in [3.63, 3.8) is 0 Å². The van der Waals surface area contributed by atoms with Crippen LogP contribution in [0.15, 0.2) is 72.8 Å². The summed E-state index contributed by atoms with van der Waals surface area (Å²) in [5.74, 6) is 0.952. The van der Waals surface area contributed by atoms with E-state index in [9.17, 15) is 9.59 Å². The van der Waals surface area contributed by atoms with Gasteiger partial charge in [0.05, 0.1) is 20.3 Å². The number of carbonyl (C=O) groups is 2. The summed E-state index contributed by atoms with van der Waals surface area (Å²) in [6.45, 7) is 1.85. The summed E-state index contributed by atoms with van der Waals surface area (Å²) in [5, 5.41) is 2.76. The van der Waals surface area contributed by atoms with Crippen molar-refractivity contribution in [2.24, 2.45) is 0 Å².